The van der Waals surface area contributed by atoms with Crippen LogP contribution in [0.2, 0.25) is 0 Å². The van der Waals surface area contributed by atoms with Crippen LogP contribution in [0.25, 0.3) is 10.9 Å². The Morgan fingerprint density at radius 2 is 2.21 bits per heavy atom. The smallest absolute Gasteiger partial charge is 0.176 e. The van der Waals surface area contributed by atoms with Crippen molar-refractivity contribution in [1.82, 2.24) is 4.98 Å². The number of hydrogen-bond donors (Lipinski definition) is 0. The molecule has 1 aromatic heterocycles. The molecule has 0 N–H and O–H groups in total. The highest BCUT2D eigenvalue weighted by Crippen LogP contribution is 2.17. The van der Waals surface area contributed by atoms with Gasteiger partial charge >= 0.3 is 0 Å². The third-order valence-corrected chi connectivity index (χ3v) is 1.83. The first kappa shape index (κ1) is 8.69. The van der Waals surface area contributed by atoms with Crippen molar-refractivity contribution in [3.63, 3.8) is 0 Å². The fourth-order valence-electron chi connectivity index (χ4n) is 1.21. The number of para-hydroxylation sites is 1. The predicted octanol–water partition coefficient (Wildman–Crippen LogP) is 2.62. The van der Waals surface area contributed by atoms with Gasteiger partial charge in [-0.05, 0) is 19.1 Å². The lowest BCUT2D eigenvalue weighted by atomic mass is 10.2. The monoisotopic (exact) mass is 186 g/mol. The van der Waals surface area contributed by atoms with Crippen LogP contribution in [0, 0.1) is 0 Å². The molecule has 3 nitrogen and oxygen atoms in total. The van der Waals surface area contributed by atoms with E-state index >= 15 is 0 Å². The summed E-state index contributed by atoms with van der Waals surface area (Å²) < 4.78 is 0. The number of hydrogen-bond acceptors (Lipinski definition) is 3. The van der Waals surface area contributed by atoms with Crippen LogP contribution in [0.4, 0.5) is 0 Å². The number of aromatic nitrogens is 1. The van der Waals surface area contributed by atoms with Crippen molar-refractivity contribution in [1.29, 1.82) is 0 Å². The molecule has 3 heteroatoms. The fourth-order valence-corrected chi connectivity index (χ4v) is 1.21. The first-order valence-electron chi connectivity index (χ1n) is 4.40. The lowest BCUT2D eigenvalue weighted by molar-refractivity contribution is 0.342. The van der Waals surface area contributed by atoms with E-state index in [9.17, 15) is 0 Å². The number of nitrogens with zero attached hydrogens (tertiary/aromatic N) is 2. The summed E-state index contributed by atoms with van der Waals surface area (Å²) >= 11 is 0. The zero-order valence-corrected chi connectivity index (χ0v) is 7.84. The van der Waals surface area contributed by atoms with Gasteiger partial charge in [-0.3, -0.25) is 4.98 Å². The molecule has 0 saturated carbocycles. The third kappa shape index (κ3) is 1.71. The molecule has 0 spiro atoms. The number of rotatable bonds is 2. The summed E-state index contributed by atoms with van der Waals surface area (Å²) in [6, 6.07) is 9.79. The van der Waals surface area contributed by atoms with Gasteiger partial charge in [0.2, 0.25) is 0 Å². The maximum atomic E-state index is 5.07. The molecule has 14 heavy (non-hydrogen) atoms. The van der Waals surface area contributed by atoms with Gasteiger partial charge < -0.3 is 4.84 Å². The van der Waals surface area contributed by atoms with Gasteiger partial charge in [0.25, 0.3) is 0 Å². The molecule has 0 atom stereocenters. The van der Waals surface area contributed by atoms with Crippen molar-refractivity contribution < 1.29 is 4.84 Å². The summed E-state index contributed by atoms with van der Waals surface area (Å²) in [6.45, 7) is 1.80. The molecule has 2 aromatic rings. The fraction of sp³-hybridized carbons (Fsp3) is 0.0909. The van der Waals surface area contributed by atoms with Gasteiger partial charge in [-0.15, -0.1) is 0 Å². The highest BCUT2D eigenvalue weighted by molar-refractivity contribution is 5.79. The molecule has 0 aliphatic rings. The summed E-state index contributed by atoms with van der Waals surface area (Å²) in [5.74, 6) is 0.654. The SMILES string of the molecule is C/C=N\Oc1cnc2ccccc2c1. The zero-order valence-electron chi connectivity index (χ0n) is 7.84. The molecule has 0 aliphatic heterocycles. The van der Waals surface area contributed by atoms with Crippen LogP contribution in [0.5, 0.6) is 5.75 Å². The molecule has 1 aromatic carbocycles. The highest BCUT2D eigenvalue weighted by Gasteiger charge is 1.96. The van der Waals surface area contributed by atoms with Crippen LogP contribution in [0.15, 0.2) is 41.7 Å². The van der Waals surface area contributed by atoms with Crippen molar-refractivity contribution in [2.24, 2.45) is 5.16 Å². The van der Waals surface area contributed by atoms with Crippen LogP contribution in [-0.4, -0.2) is 11.2 Å². The van der Waals surface area contributed by atoms with E-state index in [1.54, 1.807) is 19.3 Å². The molecule has 0 unspecified atom stereocenters. The topological polar surface area (TPSA) is 34.5 Å². The van der Waals surface area contributed by atoms with E-state index < -0.39 is 0 Å². The lowest BCUT2D eigenvalue weighted by Gasteiger charge is -1.99. The summed E-state index contributed by atoms with van der Waals surface area (Å²) in [4.78, 5) is 9.31. The van der Waals surface area contributed by atoms with Crippen molar-refractivity contribution in [3.05, 3.63) is 36.5 Å². The van der Waals surface area contributed by atoms with E-state index in [1.165, 1.54) is 0 Å². The van der Waals surface area contributed by atoms with Crippen molar-refractivity contribution in [2.75, 3.05) is 0 Å². The first-order valence-corrected chi connectivity index (χ1v) is 4.40. The van der Waals surface area contributed by atoms with Gasteiger partial charge in [-0.2, -0.15) is 0 Å². The first-order chi connectivity index (χ1) is 6.90. The van der Waals surface area contributed by atoms with Gasteiger partial charge in [0, 0.05) is 11.6 Å². The molecule has 0 aliphatic carbocycles. The van der Waals surface area contributed by atoms with E-state index in [1.807, 2.05) is 30.3 Å². The molecule has 0 saturated heterocycles. The molecule has 0 bridgehead atoms. The maximum Gasteiger partial charge on any atom is 0.176 e. The number of pyridine rings is 1. The number of oxime groups is 1. The second-order valence-electron chi connectivity index (χ2n) is 2.82. The highest BCUT2D eigenvalue weighted by atomic mass is 16.6. The predicted molar refractivity (Wildman–Crippen MR) is 56.5 cm³/mol. The van der Waals surface area contributed by atoms with Crippen LogP contribution >= 0.6 is 0 Å². The van der Waals surface area contributed by atoms with E-state index in [4.69, 9.17) is 4.84 Å². The Hall–Kier alpha value is -1.90. The van der Waals surface area contributed by atoms with E-state index in [-0.39, 0.29) is 0 Å². The van der Waals surface area contributed by atoms with Crippen molar-refractivity contribution in [2.45, 2.75) is 6.92 Å². The average Bonchev–Trinajstić information content (AvgIpc) is 2.26. The quantitative estimate of drug-likeness (QED) is 0.533. The lowest BCUT2D eigenvalue weighted by Crippen LogP contribution is -1.85. The average molecular weight is 186 g/mol. The second-order valence-corrected chi connectivity index (χ2v) is 2.82. The van der Waals surface area contributed by atoms with E-state index in [0.717, 1.165) is 10.9 Å². The van der Waals surface area contributed by atoms with E-state index in [2.05, 4.69) is 10.1 Å². The second kappa shape index (κ2) is 3.87. The molecule has 0 radical (unpaired) electrons. The maximum absolute atomic E-state index is 5.07. The minimum absolute atomic E-state index is 0.654. The van der Waals surface area contributed by atoms with Gasteiger partial charge in [0.1, 0.15) is 0 Å². The Morgan fingerprint density at radius 3 is 3.07 bits per heavy atom. The van der Waals surface area contributed by atoms with Gasteiger partial charge in [0.15, 0.2) is 5.75 Å². The molecule has 2 rings (SSSR count). The Bertz CT molecular complexity index is 466. The van der Waals surface area contributed by atoms with Crippen molar-refractivity contribution in [3.8, 4) is 5.75 Å². The normalized spacial score (nSPS) is 10.9. The third-order valence-electron chi connectivity index (χ3n) is 1.83. The van der Waals surface area contributed by atoms with Crippen LogP contribution in [-0.2, 0) is 0 Å². The van der Waals surface area contributed by atoms with Crippen LogP contribution in [0.3, 0.4) is 0 Å². The standard InChI is InChI=1S/C11H10N2O/c1-2-13-14-10-7-9-5-3-4-6-11(9)12-8-10/h2-8H,1H3/b13-2-. The van der Waals surface area contributed by atoms with Crippen LogP contribution in [0.1, 0.15) is 6.92 Å². The van der Waals surface area contributed by atoms with Gasteiger partial charge in [0.05, 0.1) is 11.7 Å². The molecule has 0 fully saturated rings. The summed E-state index contributed by atoms with van der Waals surface area (Å²) in [6.07, 6.45) is 3.25. The Labute approximate surface area is 82.0 Å². The summed E-state index contributed by atoms with van der Waals surface area (Å²) in [5, 5.41) is 4.74. The molecule has 0 amide bonds. The van der Waals surface area contributed by atoms with Crippen LogP contribution < -0.4 is 4.84 Å². The zero-order chi connectivity index (χ0) is 9.80. The molecular weight excluding hydrogens is 176 g/mol. The van der Waals surface area contributed by atoms with E-state index in [0.29, 0.717) is 5.75 Å². The number of benzene rings is 1. The molecular formula is C11H10N2O. The summed E-state index contributed by atoms with van der Waals surface area (Å²) in [7, 11) is 0. The van der Waals surface area contributed by atoms with Gasteiger partial charge in [-0.1, -0.05) is 23.4 Å². The summed E-state index contributed by atoms with van der Waals surface area (Å²) in [5.41, 5.74) is 0.959. The Kier molecular flexibility index (Phi) is 2.40. The minimum Gasteiger partial charge on any atom is -0.356 e. The largest absolute Gasteiger partial charge is 0.356 e. The number of fused-ring (bicyclic) bond motifs is 1. The Morgan fingerprint density at radius 1 is 1.36 bits per heavy atom. The minimum atomic E-state index is 0.654. The Balaban J connectivity index is 2.41. The molecule has 1 heterocycles. The van der Waals surface area contributed by atoms with Gasteiger partial charge in [-0.25, -0.2) is 0 Å². The van der Waals surface area contributed by atoms with Crippen molar-refractivity contribution >= 4 is 17.1 Å². The molecule has 70 valence electrons.